The summed E-state index contributed by atoms with van der Waals surface area (Å²) in [5.74, 6) is 0.215. The van der Waals surface area contributed by atoms with E-state index in [0.29, 0.717) is 5.69 Å². The number of aromatic nitrogens is 1. The van der Waals surface area contributed by atoms with Gasteiger partial charge in [0.05, 0.1) is 12.3 Å². The first-order valence-electron chi connectivity index (χ1n) is 5.55. The third-order valence-electron chi connectivity index (χ3n) is 2.84. The minimum atomic E-state index is -1.94. The molecule has 0 saturated heterocycles. The molecule has 1 aromatic rings. The largest absolute Gasteiger partial charge is 0.489 e. The highest BCUT2D eigenvalue weighted by molar-refractivity contribution is 5.48. The number of rotatable bonds is 2. The topological polar surface area (TPSA) is 42.4 Å². The Kier molecular flexibility index (Phi) is 3.03. The van der Waals surface area contributed by atoms with E-state index in [1.54, 1.807) is 20.8 Å². The highest BCUT2D eigenvalue weighted by Gasteiger charge is 2.44. The summed E-state index contributed by atoms with van der Waals surface area (Å²) in [6, 6.07) is 0. The van der Waals surface area contributed by atoms with Crippen LogP contribution < -0.4 is 4.74 Å². The van der Waals surface area contributed by atoms with Crippen LogP contribution in [0.25, 0.3) is 0 Å². The molecule has 0 aliphatic heterocycles. The van der Waals surface area contributed by atoms with E-state index in [1.807, 2.05) is 0 Å². The zero-order valence-electron chi connectivity index (χ0n) is 9.95. The van der Waals surface area contributed by atoms with E-state index in [4.69, 9.17) is 4.74 Å². The highest BCUT2D eigenvalue weighted by Crippen LogP contribution is 2.48. The van der Waals surface area contributed by atoms with Gasteiger partial charge in [-0.3, -0.25) is 4.98 Å². The fourth-order valence-corrected chi connectivity index (χ4v) is 2.11. The molecule has 5 heteroatoms. The average Bonchev–Trinajstić information content (AvgIpc) is 2.48. The van der Waals surface area contributed by atoms with Crippen LogP contribution in [-0.4, -0.2) is 22.4 Å². The van der Waals surface area contributed by atoms with Crippen LogP contribution in [0, 0.1) is 6.92 Å². The number of aliphatic hydroxyl groups excluding tert-OH is 1. The average molecular weight is 243 g/mol. The lowest BCUT2D eigenvalue weighted by atomic mass is 10.1. The van der Waals surface area contributed by atoms with Crippen molar-refractivity contribution in [1.82, 2.24) is 4.98 Å². The summed E-state index contributed by atoms with van der Waals surface area (Å²) in [5.41, 5.74) is 0.765. The van der Waals surface area contributed by atoms with Gasteiger partial charge in [-0.05, 0) is 20.8 Å². The SMILES string of the molecule is Cc1ncc(OC(C)C)c2c1[C@H](O)[C@H](F)[C@@H]2F. The summed E-state index contributed by atoms with van der Waals surface area (Å²) in [5, 5.41) is 9.65. The Balaban J connectivity index is 2.54. The Morgan fingerprint density at radius 3 is 2.59 bits per heavy atom. The Hall–Kier alpha value is -1.23. The number of hydrogen-bond acceptors (Lipinski definition) is 3. The molecule has 3 atom stereocenters. The van der Waals surface area contributed by atoms with Crippen LogP contribution in [0.15, 0.2) is 6.20 Å². The predicted molar refractivity (Wildman–Crippen MR) is 58.4 cm³/mol. The van der Waals surface area contributed by atoms with Gasteiger partial charge in [-0.2, -0.15) is 0 Å². The number of alkyl halides is 2. The predicted octanol–water partition coefficient (Wildman–Crippen LogP) is 2.57. The fourth-order valence-electron chi connectivity index (χ4n) is 2.11. The van der Waals surface area contributed by atoms with Crippen LogP contribution in [0.2, 0.25) is 0 Å². The summed E-state index contributed by atoms with van der Waals surface area (Å²) >= 11 is 0. The fraction of sp³-hybridized carbons (Fsp3) is 0.583. The summed E-state index contributed by atoms with van der Waals surface area (Å²) < 4.78 is 32.7. The maximum atomic E-state index is 13.8. The minimum Gasteiger partial charge on any atom is -0.489 e. The normalized spacial score (nSPS) is 27.4. The number of nitrogens with zero attached hydrogens (tertiary/aromatic N) is 1. The van der Waals surface area contributed by atoms with Crippen LogP contribution >= 0.6 is 0 Å². The van der Waals surface area contributed by atoms with Crippen molar-refractivity contribution in [3.63, 3.8) is 0 Å². The Bertz CT molecular complexity index is 437. The third-order valence-corrected chi connectivity index (χ3v) is 2.84. The van der Waals surface area contributed by atoms with Gasteiger partial charge in [0.15, 0.2) is 12.3 Å². The second kappa shape index (κ2) is 4.22. The van der Waals surface area contributed by atoms with E-state index >= 15 is 0 Å². The smallest absolute Gasteiger partial charge is 0.165 e. The molecule has 0 amide bonds. The van der Waals surface area contributed by atoms with Crippen LogP contribution in [-0.2, 0) is 0 Å². The van der Waals surface area contributed by atoms with Crippen molar-refractivity contribution in [2.24, 2.45) is 0 Å². The van der Waals surface area contributed by atoms with Gasteiger partial charge in [0, 0.05) is 16.8 Å². The monoisotopic (exact) mass is 243 g/mol. The van der Waals surface area contributed by atoms with Crippen LogP contribution in [0.1, 0.15) is 42.9 Å². The standard InChI is InChI=1S/C12H15F2NO2/c1-5(2)17-7-4-15-6(3)8-9(7)10(13)11(14)12(8)16/h4-5,10-12,16H,1-3H3/t10-,11-,12+/m1/s1. The van der Waals surface area contributed by atoms with Crippen molar-refractivity contribution >= 4 is 0 Å². The number of ether oxygens (including phenoxy) is 1. The van der Waals surface area contributed by atoms with Crippen molar-refractivity contribution in [3.8, 4) is 5.75 Å². The zero-order valence-corrected chi connectivity index (χ0v) is 9.95. The summed E-state index contributed by atoms with van der Waals surface area (Å²) in [6.45, 7) is 5.20. The number of pyridine rings is 1. The molecule has 0 bridgehead atoms. The van der Waals surface area contributed by atoms with E-state index in [9.17, 15) is 13.9 Å². The van der Waals surface area contributed by atoms with Gasteiger partial charge < -0.3 is 9.84 Å². The lowest BCUT2D eigenvalue weighted by Crippen LogP contribution is -2.10. The molecule has 0 spiro atoms. The molecule has 1 aromatic heterocycles. The molecule has 1 aliphatic rings. The molecule has 1 heterocycles. The first kappa shape index (κ1) is 12.2. The number of aryl methyl sites for hydroxylation is 1. The van der Waals surface area contributed by atoms with Gasteiger partial charge in [0.25, 0.3) is 0 Å². The number of aliphatic hydroxyl groups is 1. The molecule has 3 nitrogen and oxygen atoms in total. The van der Waals surface area contributed by atoms with Crippen molar-refractivity contribution in [2.75, 3.05) is 0 Å². The molecule has 0 unspecified atom stereocenters. The second-order valence-electron chi connectivity index (χ2n) is 4.49. The zero-order chi connectivity index (χ0) is 12.7. The molecule has 0 fully saturated rings. The van der Waals surface area contributed by atoms with Crippen LogP contribution in [0.3, 0.4) is 0 Å². The van der Waals surface area contributed by atoms with Gasteiger partial charge in [-0.15, -0.1) is 0 Å². The van der Waals surface area contributed by atoms with Gasteiger partial charge in [-0.1, -0.05) is 0 Å². The number of fused-ring (bicyclic) bond motifs is 1. The number of hydrogen-bond donors (Lipinski definition) is 1. The Morgan fingerprint density at radius 1 is 1.35 bits per heavy atom. The van der Waals surface area contributed by atoms with Crippen molar-refractivity contribution in [3.05, 3.63) is 23.0 Å². The molecule has 2 rings (SSSR count). The summed E-state index contributed by atoms with van der Waals surface area (Å²) in [6.07, 6.45) is -4.03. The molecular weight excluding hydrogens is 228 g/mol. The first-order valence-corrected chi connectivity index (χ1v) is 5.55. The molecule has 1 N–H and O–H groups in total. The van der Waals surface area contributed by atoms with Crippen molar-refractivity contribution in [1.29, 1.82) is 0 Å². The van der Waals surface area contributed by atoms with Crippen LogP contribution in [0.5, 0.6) is 5.75 Å². The Morgan fingerprint density at radius 2 is 2.00 bits per heavy atom. The number of halogens is 2. The quantitative estimate of drug-likeness (QED) is 0.868. The maximum Gasteiger partial charge on any atom is 0.165 e. The van der Waals surface area contributed by atoms with Gasteiger partial charge >= 0.3 is 0 Å². The molecule has 0 saturated carbocycles. The maximum absolute atomic E-state index is 13.8. The molecular formula is C12H15F2NO2. The first-order chi connectivity index (χ1) is 7.93. The molecule has 0 aromatic carbocycles. The lowest BCUT2D eigenvalue weighted by molar-refractivity contribution is 0.0460. The van der Waals surface area contributed by atoms with E-state index in [-0.39, 0.29) is 23.0 Å². The minimum absolute atomic E-state index is 0.103. The second-order valence-corrected chi connectivity index (χ2v) is 4.49. The van der Waals surface area contributed by atoms with E-state index in [2.05, 4.69) is 4.98 Å². The van der Waals surface area contributed by atoms with E-state index < -0.39 is 18.4 Å². The van der Waals surface area contributed by atoms with Crippen molar-refractivity contribution in [2.45, 2.75) is 45.3 Å². The van der Waals surface area contributed by atoms with Crippen LogP contribution in [0.4, 0.5) is 8.78 Å². The Labute approximate surface area is 98.4 Å². The van der Waals surface area contributed by atoms with E-state index in [1.165, 1.54) is 6.20 Å². The summed E-state index contributed by atoms with van der Waals surface area (Å²) in [7, 11) is 0. The van der Waals surface area contributed by atoms with Crippen molar-refractivity contribution < 1.29 is 18.6 Å². The third kappa shape index (κ3) is 1.88. The molecule has 94 valence electrons. The van der Waals surface area contributed by atoms with E-state index in [0.717, 1.165) is 0 Å². The van der Waals surface area contributed by atoms with Gasteiger partial charge in [-0.25, -0.2) is 8.78 Å². The van der Waals surface area contributed by atoms with Gasteiger partial charge in [0.2, 0.25) is 0 Å². The summed E-state index contributed by atoms with van der Waals surface area (Å²) in [4.78, 5) is 4.00. The van der Waals surface area contributed by atoms with Gasteiger partial charge in [0.1, 0.15) is 11.9 Å². The molecule has 17 heavy (non-hydrogen) atoms. The molecule has 1 aliphatic carbocycles. The highest BCUT2D eigenvalue weighted by atomic mass is 19.2. The molecule has 0 radical (unpaired) electrons. The lowest BCUT2D eigenvalue weighted by Gasteiger charge is -2.15.